The number of benzene rings is 1. The molecule has 0 bridgehead atoms. The van der Waals surface area contributed by atoms with Crippen LogP contribution in [0.2, 0.25) is 0 Å². The van der Waals surface area contributed by atoms with Gasteiger partial charge in [-0.1, -0.05) is 24.3 Å². The fraction of sp³-hybridized carbons (Fsp3) is 0.167. The molecule has 4 aromatic rings. The molecule has 0 aliphatic carbocycles. The second kappa shape index (κ2) is 6.49. The Labute approximate surface area is 160 Å². The first kappa shape index (κ1) is 17.7. The number of hydrogen-bond donors (Lipinski definition) is 0. The van der Waals surface area contributed by atoms with Gasteiger partial charge in [0, 0.05) is 25.0 Å². The van der Waals surface area contributed by atoms with Crippen molar-refractivity contribution >= 4 is 27.0 Å². The number of pyridine rings is 1. The monoisotopic (exact) mass is 435 g/mol. The molecule has 4 rings (SSSR count). The lowest BCUT2D eigenvalue weighted by atomic mass is 10.1. The largest absolute Gasteiger partial charge is 0.434 e. The minimum Gasteiger partial charge on any atom is -0.333 e. The van der Waals surface area contributed by atoms with E-state index in [1.54, 1.807) is 25.4 Å². The predicted octanol–water partition coefficient (Wildman–Crippen LogP) is 4.66. The highest BCUT2D eigenvalue weighted by molar-refractivity contribution is 9.10. The SMILES string of the molecule is Cn1cc(C(F)(F)F)nc1-c1ccc(Cn2nc(Br)c3ncccc32)cc1. The molecule has 0 saturated carbocycles. The standard InChI is InChI=1S/C18H13BrF3N5/c1-26-10-14(18(20,21)22)24-17(26)12-6-4-11(5-7-12)9-27-13-3-2-8-23-15(13)16(19)25-27/h2-8,10H,9H2,1H3. The zero-order chi connectivity index (χ0) is 19.2. The highest BCUT2D eigenvalue weighted by Gasteiger charge is 2.34. The van der Waals surface area contributed by atoms with Crippen LogP contribution in [0.5, 0.6) is 0 Å². The zero-order valence-electron chi connectivity index (χ0n) is 14.1. The summed E-state index contributed by atoms with van der Waals surface area (Å²) in [6.45, 7) is 0.516. The van der Waals surface area contributed by atoms with E-state index in [1.165, 1.54) is 4.57 Å². The maximum absolute atomic E-state index is 12.8. The van der Waals surface area contributed by atoms with Crippen molar-refractivity contribution in [3.8, 4) is 11.4 Å². The first-order chi connectivity index (χ1) is 12.8. The fourth-order valence-electron chi connectivity index (χ4n) is 2.90. The Hall–Kier alpha value is -2.68. The lowest BCUT2D eigenvalue weighted by Crippen LogP contribution is -2.04. The van der Waals surface area contributed by atoms with Crippen LogP contribution < -0.4 is 0 Å². The molecule has 9 heteroatoms. The molecule has 3 aromatic heterocycles. The minimum absolute atomic E-state index is 0.269. The van der Waals surface area contributed by atoms with E-state index in [0.29, 0.717) is 16.7 Å². The Balaban J connectivity index is 1.62. The van der Waals surface area contributed by atoms with E-state index in [2.05, 4.69) is 31.0 Å². The lowest BCUT2D eigenvalue weighted by molar-refractivity contribution is -0.140. The summed E-state index contributed by atoms with van der Waals surface area (Å²) in [6, 6.07) is 11.0. The fourth-order valence-corrected chi connectivity index (χ4v) is 3.39. The summed E-state index contributed by atoms with van der Waals surface area (Å²) in [5, 5.41) is 4.44. The molecular weight excluding hydrogens is 423 g/mol. The summed E-state index contributed by atoms with van der Waals surface area (Å²) in [5.74, 6) is 0.269. The number of rotatable bonds is 3. The summed E-state index contributed by atoms with van der Waals surface area (Å²) < 4.78 is 42.4. The normalized spacial score (nSPS) is 12.0. The van der Waals surface area contributed by atoms with Crippen LogP contribution in [0.1, 0.15) is 11.3 Å². The van der Waals surface area contributed by atoms with Gasteiger partial charge in [-0.25, -0.2) is 4.98 Å². The van der Waals surface area contributed by atoms with E-state index in [1.807, 2.05) is 28.9 Å². The van der Waals surface area contributed by atoms with Crippen LogP contribution in [0, 0.1) is 0 Å². The van der Waals surface area contributed by atoms with Gasteiger partial charge in [-0.15, -0.1) is 0 Å². The van der Waals surface area contributed by atoms with Gasteiger partial charge < -0.3 is 4.57 Å². The van der Waals surface area contributed by atoms with Gasteiger partial charge in [-0.2, -0.15) is 18.3 Å². The van der Waals surface area contributed by atoms with Gasteiger partial charge in [-0.3, -0.25) is 9.67 Å². The van der Waals surface area contributed by atoms with E-state index in [4.69, 9.17) is 0 Å². The van der Waals surface area contributed by atoms with Gasteiger partial charge >= 0.3 is 6.18 Å². The Morgan fingerprint density at radius 1 is 1.11 bits per heavy atom. The summed E-state index contributed by atoms with van der Waals surface area (Å²) in [5.41, 5.74) is 2.35. The van der Waals surface area contributed by atoms with Crippen molar-refractivity contribution < 1.29 is 13.2 Å². The number of hydrogen-bond acceptors (Lipinski definition) is 3. The molecule has 0 N–H and O–H groups in total. The van der Waals surface area contributed by atoms with Crippen molar-refractivity contribution in [2.24, 2.45) is 7.05 Å². The number of nitrogens with zero attached hydrogens (tertiary/aromatic N) is 5. The molecule has 0 unspecified atom stereocenters. The highest BCUT2D eigenvalue weighted by Crippen LogP contribution is 2.30. The van der Waals surface area contributed by atoms with Crippen LogP contribution in [0.25, 0.3) is 22.4 Å². The highest BCUT2D eigenvalue weighted by atomic mass is 79.9. The molecule has 0 atom stereocenters. The van der Waals surface area contributed by atoms with E-state index < -0.39 is 11.9 Å². The molecule has 0 saturated heterocycles. The van der Waals surface area contributed by atoms with Crippen LogP contribution in [0.4, 0.5) is 13.2 Å². The zero-order valence-corrected chi connectivity index (χ0v) is 15.7. The van der Waals surface area contributed by atoms with Crippen LogP contribution in [-0.2, 0) is 19.8 Å². The summed E-state index contributed by atoms with van der Waals surface area (Å²) in [4.78, 5) is 8.01. The quantitative estimate of drug-likeness (QED) is 0.470. The molecule has 0 amide bonds. The van der Waals surface area contributed by atoms with E-state index in [9.17, 15) is 13.2 Å². The second-order valence-electron chi connectivity index (χ2n) is 6.07. The molecule has 3 heterocycles. The molecule has 0 fully saturated rings. The molecule has 138 valence electrons. The number of alkyl halides is 3. The topological polar surface area (TPSA) is 48.5 Å². The first-order valence-electron chi connectivity index (χ1n) is 8.00. The van der Waals surface area contributed by atoms with E-state index in [0.717, 1.165) is 22.8 Å². The number of halogens is 4. The summed E-state index contributed by atoms with van der Waals surface area (Å²) >= 11 is 3.40. The minimum atomic E-state index is -4.46. The van der Waals surface area contributed by atoms with Crippen molar-refractivity contribution in [2.75, 3.05) is 0 Å². The molecule has 5 nitrogen and oxygen atoms in total. The Morgan fingerprint density at radius 2 is 1.85 bits per heavy atom. The maximum Gasteiger partial charge on any atom is 0.434 e. The third kappa shape index (κ3) is 3.34. The molecule has 0 spiro atoms. The third-order valence-corrected chi connectivity index (χ3v) is 4.71. The van der Waals surface area contributed by atoms with Crippen LogP contribution in [0.3, 0.4) is 0 Å². The van der Waals surface area contributed by atoms with Crippen molar-refractivity contribution in [2.45, 2.75) is 12.7 Å². The number of aryl methyl sites for hydroxylation is 1. The van der Waals surface area contributed by atoms with E-state index in [-0.39, 0.29) is 5.82 Å². The first-order valence-corrected chi connectivity index (χ1v) is 8.79. The van der Waals surface area contributed by atoms with Crippen LogP contribution in [-0.4, -0.2) is 24.3 Å². The van der Waals surface area contributed by atoms with Gasteiger partial charge in [0.05, 0.1) is 12.1 Å². The number of imidazole rings is 1. The summed E-state index contributed by atoms with van der Waals surface area (Å²) in [7, 11) is 1.55. The average molecular weight is 436 g/mol. The Kier molecular flexibility index (Phi) is 4.26. The number of fused-ring (bicyclic) bond motifs is 1. The average Bonchev–Trinajstić information content (AvgIpc) is 3.17. The number of aromatic nitrogens is 5. The van der Waals surface area contributed by atoms with Crippen molar-refractivity contribution in [1.82, 2.24) is 24.3 Å². The molecule has 0 radical (unpaired) electrons. The van der Waals surface area contributed by atoms with Gasteiger partial charge in [0.25, 0.3) is 0 Å². The molecular formula is C18H13BrF3N5. The Bertz CT molecular complexity index is 1110. The molecule has 1 aromatic carbocycles. The molecule has 0 aliphatic heterocycles. The summed E-state index contributed by atoms with van der Waals surface area (Å²) in [6.07, 6.45) is -1.77. The van der Waals surface area contributed by atoms with Gasteiger partial charge in [0.15, 0.2) is 10.3 Å². The van der Waals surface area contributed by atoms with Crippen molar-refractivity contribution in [1.29, 1.82) is 0 Å². The maximum atomic E-state index is 12.8. The lowest BCUT2D eigenvalue weighted by Gasteiger charge is -2.06. The van der Waals surface area contributed by atoms with Gasteiger partial charge in [-0.05, 0) is 33.6 Å². The second-order valence-corrected chi connectivity index (χ2v) is 6.83. The van der Waals surface area contributed by atoms with E-state index >= 15 is 0 Å². The van der Waals surface area contributed by atoms with Crippen LogP contribution in [0.15, 0.2) is 53.4 Å². The van der Waals surface area contributed by atoms with Crippen molar-refractivity contribution in [3.05, 3.63) is 64.7 Å². The smallest absolute Gasteiger partial charge is 0.333 e. The molecule has 27 heavy (non-hydrogen) atoms. The van der Waals surface area contributed by atoms with Gasteiger partial charge in [0.1, 0.15) is 11.3 Å². The Morgan fingerprint density at radius 3 is 2.52 bits per heavy atom. The predicted molar refractivity (Wildman–Crippen MR) is 98.0 cm³/mol. The van der Waals surface area contributed by atoms with Crippen LogP contribution >= 0.6 is 15.9 Å². The molecule has 0 aliphatic rings. The van der Waals surface area contributed by atoms with Gasteiger partial charge in [0.2, 0.25) is 0 Å². The third-order valence-electron chi connectivity index (χ3n) is 4.18. The van der Waals surface area contributed by atoms with Crippen molar-refractivity contribution in [3.63, 3.8) is 0 Å².